The van der Waals surface area contributed by atoms with Crippen molar-refractivity contribution in [2.45, 2.75) is 0 Å². The van der Waals surface area contributed by atoms with Crippen LogP contribution in [0, 0.1) is 0 Å². The predicted molar refractivity (Wildman–Crippen MR) is 56.3 cm³/mol. The van der Waals surface area contributed by atoms with Crippen molar-refractivity contribution in [3.05, 3.63) is 28.3 Å². The Hall–Kier alpha value is -1.75. The molecule has 0 radical (unpaired) electrons. The summed E-state index contributed by atoms with van der Waals surface area (Å²) in [4.78, 5) is 22.1. The smallest absolute Gasteiger partial charge is 0.341 e. The fraction of sp³-hybridized carbons (Fsp3) is 0.200. The van der Waals surface area contributed by atoms with Crippen LogP contribution in [0.1, 0.15) is 20.7 Å². The van der Waals surface area contributed by atoms with Gasteiger partial charge in [-0.05, 0) is 12.1 Å². The van der Waals surface area contributed by atoms with Crippen molar-refractivity contribution < 1.29 is 24.2 Å². The van der Waals surface area contributed by atoms with E-state index in [0.717, 1.165) is 0 Å². The molecule has 1 aromatic carbocycles. The van der Waals surface area contributed by atoms with Gasteiger partial charge in [-0.25, -0.2) is 9.59 Å². The van der Waals surface area contributed by atoms with E-state index in [1.165, 1.54) is 26.4 Å². The third-order valence-electron chi connectivity index (χ3n) is 1.92. The maximum atomic E-state index is 11.3. The summed E-state index contributed by atoms with van der Waals surface area (Å²) < 4.78 is 9.40. The van der Waals surface area contributed by atoms with Gasteiger partial charge in [0.25, 0.3) is 0 Å². The Morgan fingerprint density at radius 3 is 2.31 bits per heavy atom. The molecule has 1 rings (SSSR count). The van der Waals surface area contributed by atoms with E-state index in [0.29, 0.717) is 0 Å². The molecule has 0 saturated heterocycles. The molecule has 1 aromatic rings. The molecule has 86 valence electrons. The number of carboxylic acid groups (broad SMARTS) is 1. The molecule has 0 atom stereocenters. The van der Waals surface area contributed by atoms with Crippen LogP contribution in [0.25, 0.3) is 0 Å². The van der Waals surface area contributed by atoms with Gasteiger partial charge in [-0.2, -0.15) is 0 Å². The van der Waals surface area contributed by atoms with Gasteiger partial charge in [0.05, 0.1) is 24.8 Å². The van der Waals surface area contributed by atoms with Crippen LogP contribution in [-0.4, -0.2) is 31.3 Å². The number of carboxylic acids is 1. The summed E-state index contributed by atoms with van der Waals surface area (Å²) in [6, 6.07) is 2.38. The van der Waals surface area contributed by atoms with Crippen molar-refractivity contribution in [3.63, 3.8) is 0 Å². The van der Waals surface area contributed by atoms with Crippen LogP contribution >= 0.6 is 11.6 Å². The van der Waals surface area contributed by atoms with E-state index in [1.807, 2.05) is 0 Å². The van der Waals surface area contributed by atoms with E-state index in [2.05, 4.69) is 4.74 Å². The highest BCUT2D eigenvalue weighted by Gasteiger charge is 2.19. The fourth-order valence-corrected chi connectivity index (χ4v) is 1.40. The number of rotatable bonds is 3. The molecule has 0 aromatic heterocycles. The number of methoxy groups -OCH3 is 2. The lowest BCUT2D eigenvalue weighted by Crippen LogP contribution is -2.07. The lowest BCUT2D eigenvalue weighted by Gasteiger charge is -2.08. The zero-order valence-electron chi connectivity index (χ0n) is 8.61. The van der Waals surface area contributed by atoms with Gasteiger partial charge >= 0.3 is 11.9 Å². The van der Waals surface area contributed by atoms with Gasteiger partial charge in [-0.15, -0.1) is 0 Å². The molecular formula is C10H9ClO5. The van der Waals surface area contributed by atoms with Crippen LogP contribution in [0.5, 0.6) is 5.75 Å². The Kier molecular flexibility index (Phi) is 3.73. The second kappa shape index (κ2) is 4.85. The van der Waals surface area contributed by atoms with Crippen LogP contribution in [0.2, 0.25) is 5.02 Å². The molecule has 0 aliphatic heterocycles. The molecule has 0 amide bonds. The van der Waals surface area contributed by atoms with Crippen molar-refractivity contribution >= 4 is 23.5 Å². The summed E-state index contributed by atoms with van der Waals surface area (Å²) in [6.45, 7) is 0. The zero-order chi connectivity index (χ0) is 12.3. The summed E-state index contributed by atoms with van der Waals surface area (Å²) in [6.07, 6.45) is 0. The summed E-state index contributed by atoms with van der Waals surface area (Å²) in [5.74, 6) is -1.73. The first-order valence-corrected chi connectivity index (χ1v) is 4.58. The van der Waals surface area contributed by atoms with E-state index >= 15 is 0 Å². The number of halogens is 1. The average Bonchev–Trinajstić information content (AvgIpc) is 2.27. The number of hydrogen-bond acceptors (Lipinski definition) is 4. The first-order valence-electron chi connectivity index (χ1n) is 4.20. The van der Waals surface area contributed by atoms with Crippen molar-refractivity contribution in [1.29, 1.82) is 0 Å². The average molecular weight is 245 g/mol. The molecule has 16 heavy (non-hydrogen) atoms. The normalized spacial score (nSPS) is 9.69. The van der Waals surface area contributed by atoms with E-state index in [4.69, 9.17) is 21.4 Å². The van der Waals surface area contributed by atoms with Gasteiger partial charge in [0.1, 0.15) is 11.3 Å². The summed E-state index contributed by atoms with van der Waals surface area (Å²) in [5, 5.41) is 8.77. The van der Waals surface area contributed by atoms with Crippen LogP contribution < -0.4 is 4.74 Å². The van der Waals surface area contributed by atoms with Crippen molar-refractivity contribution in [2.75, 3.05) is 14.2 Å². The van der Waals surface area contributed by atoms with Gasteiger partial charge in [-0.1, -0.05) is 11.6 Å². The van der Waals surface area contributed by atoms with E-state index in [-0.39, 0.29) is 21.9 Å². The molecule has 1 N–H and O–H groups in total. The predicted octanol–water partition coefficient (Wildman–Crippen LogP) is 1.83. The Morgan fingerprint density at radius 2 is 1.88 bits per heavy atom. The van der Waals surface area contributed by atoms with E-state index in [9.17, 15) is 9.59 Å². The summed E-state index contributed by atoms with van der Waals surface area (Å²) in [5.41, 5.74) is -0.0498. The zero-order valence-corrected chi connectivity index (χ0v) is 9.37. The molecule has 0 spiro atoms. The summed E-state index contributed by atoms with van der Waals surface area (Å²) in [7, 11) is 2.53. The van der Waals surface area contributed by atoms with E-state index < -0.39 is 11.9 Å². The van der Waals surface area contributed by atoms with Crippen LogP contribution in [0.3, 0.4) is 0 Å². The molecule has 0 heterocycles. The Balaban J connectivity index is 3.37. The van der Waals surface area contributed by atoms with E-state index in [1.54, 1.807) is 0 Å². The Labute approximate surface area is 96.5 Å². The highest BCUT2D eigenvalue weighted by atomic mass is 35.5. The topological polar surface area (TPSA) is 72.8 Å². The minimum absolute atomic E-state index is 0.0475. The van der Waals surface area contributed by atoms with Crippen molar-refractivity contribution in [3.8, 4) is 5.75 Å². The molecule has 0 unspecified atom stereocenters. The number of hydrogen-bond donors (Lipinski definition) is 1. The monoisotopic (exact) mass is 244 g/mol. The van der Waals surface area contributed by atoms with Gasteiger partial charge in [-0.3, -0.25) is 0 Å². The molecular weight excluding hydrogens is 236 g/mol. The quantitative estimate of drug-likeness (QED) is 0.822. The maximum absolute atomic E-state index is 11.3. The standard InChI is InChI=1S/C10H9ClO5/c1-15-8-4-5(9(12)13)7(11)3-6(8)10(14)16-2/h3-4H,1-2H3,(H,12,13). The lowest BCUT2D eigenvalue weighted by molar-refractivity contribution is 0.0594. The molecule has 0 bridgehead atoms. The van der Waals surface area contributed by atoms with Crippen LogP contribution in [0.4, 0.5) is 0 Å². The van der Waals surface area contributed by atoms with Crippen LogP contribution in [0.15, 0.2) is 12.1 Å². The number of benzene rings is 1. The number of carbonyl (C=O) groups excluding carboxylic acids is 1. The maximum Gasteiger partial charge on any atom is 0.341 e. The number of ether oxygens (including phenoxy) is 2. The SMILES string of the molecule is COC(=O)c1cc(Cl)c(C(=O)O)cc1OC. The molecule has 6 heteroatoms. The number of aromatic carboxylic acids is 1. The highest BCUT2D eigenvalue weighted by molar-refractivity contribution is 6.34. The Morgan fingerprint density at radius 1 is 1.25 bits per heavy atom. The third-order valence-corrected chi connectivity index (χ3v) is 2.24. The second-order valence-corrected chi connectivity index (χ2v) is 3.24. The highest BCUT2D eigenvalue weighted by Crippen LogP contribution is 2.27. The number of esters is 1. The van der Waals surface area contributed by atoms with Crippen molar-refractivity contribution in [1.82, 2.24) is 0 Å². The van der Waals surface area contributed by atoms with Crippen molar-refractivity contribution in [2.24, 2.45) is 0 Å². The Bertz CT molecular complexity index is 441. The molecule has 5 nitrogen and oxygen atoms in total. The first kappa shape index (κ1) is 12.3. The minimum atomic E-state index is -1.19. The van der Waals surface area contributed by atoms with Gasteiger partial charge < -0.3 is 14.6 Å². The third kappa shape index (κ3) is 2.25. The fourth-order valence-electron chi connectivity index (χ4n) is 1.16. The minimum Gasteiger partial charge on any atom is -0.496 e. The van der Waals surface area contributed by atoms with Gasteiger partial charge in [0.2, 0.25) is 0 Å². The lowest BCUT2D eigenvalue weighted by atomic mass is 10.1. The second-order valence-electron chi connectivity index (χ2n) is 2.83. The molecule has 0 fully saturated rings. The van der Waals surface area contributed by atoms with Gasteiger partial charge in [0.15, 0.2) is 0 Å². The first-order chi connectivity index (χ1) is 7.51. The molecule has 0 aliphatic carbocycles. The molecule has 0 aliphatic rings. The van der Waals surface area contributed by atoms with Crippen LogP contribution in [-0.2, 0) is 4.74 Å². The largest absolute Gasteiger partial charge is 0.496 e. The molecule has 0 saturated carbocycles. The summed E-state index contributed by atoms with van der Waals surface area (Å²) >= 11 is 5.71. The van der Waals surface area contributed by atoms with Gasteiger partial charge in [0, 0.05) is 0 Å². The number of carbonyl (C=O) groups is 2.